The van der Waals surface area contributed by atoms with Gasteiger partial charge in [-0.15, -0.1) is 0 Å². The fourth-order valence-corrected chi connectivity index (χ4v) is 2.17. The third kappa shape index (κ3) is 4.33. The molecule has 1 nitrogen and oxygen atoms in total. The Morgan fingerprint density at radius 2 is 2.00 bits per heavy atom. The molecule has 1 N–H and O–H groups in total. The minimum absolute atomic E-state index is 0.424. The first-order valence-corrected chi connectivity index (χ1v) is 6.95. The van der Waals surface area contributed by atoms with Crippen molar-refractivity contribution in [3.05, 3.63) is 34.3 Å². The quantitative estimate of drug-likeness (QED) is 0.773. The number of aryl methyl sites for hydroxylation is 1. The van der Waals surface area contributed by atoms with Crippen molar-refractivity contribution < 1.29 is 0 Å². The lowest BCUT2D eigenvalue weighted by atomic mass is 9.94. The van der Waals surface area contributed by atoms with Gasteiger partial charge in [0.2, 0.25) is 0 Å². The standard InChI is InChI=1S/C15H24ClN/c1-5-11(3)9-15(17-6-2)13-8-7-12(4)14(16)10-13/h7-8,10-11,15,17H,5-6,9H2,1-4H3. The summed E-state index contributed by atoms with van der Waals surface area (Å²) >= 11 is 6.20. The number of benzene rings is 1. The SMILES string of the molecule is CCNC(CC(C)CC)c1ccc(C)c(Cl)c1. The summed E-state index contributed by atoms with van der Waals surface area (Å²) in [6.45, 7) is 9.74. The van der Waals surface area contributed by atoms with Gasteiger partial charge in [0, 0.05) is 11.1 Å². The van der Waals surface area contributed by atoms with Gasteiger partial charge in [-0.3, -0.25) is 0 Å². The predicted molar refractivity (Wildman–Crippen MR) is 76.7 cm³/mol. The number of nitrogens with one attached hydrogen (secondary N) is 1. The molecule has 0 bridgehead atoms. The third-order valence-electron chi connectivity index (χ3n) is 3.38. The maximum absolute atomic E-state index is 6.20. The van der Waals surface area contributed by atoms with Crippen LogP contribution < -0.4 is 5.32 Å². The minimum atomic E-state index is 0.424. The molecule has 0 heterocycles. The Morgan fingerprint density at radius 1 is 1.29 bits per heavy atom. The van der Waals surface area contributed by atoms with Crippen LogP contribution in [0.5, 0.6) is 0 Å². The molecule has 0 saturated heterocycles. The zero-order chi connectivity index (χ0) is 12.8. The van der Waals surface area contributed by atoms with Gasteiger partial charge >= 0.3 is 0 Å². The van der Waals surface area contributed by atoms with Crippen LogP contribution in [0.4, 0.5) is 0 Å². The van der Waals surface area contributed by atoms with E-state index in [1.807, 2.05) is 6.92 Å². The summed E-state index contributed by atoms with van der Waals surface area (Å²) in [7, 11) is 0. The zero-order valence-corrected chi connectivity index (χ0v) is 12.1. The molecule has 1 aromatic carbocycles. The summed E-state index contributed by atoms with van der Waals surface area (Å²) in [5, 5.41) is 4.42. The Labute approximate surface area is 111 Å². The van der Waals surface area contributed by atoms with Crippen molar-refractivity contribution >= 4 is 11.6 Å². The van der Waals surface area contributed by atoms with Crippen LogP contribution in [0, 0.1) is 12.8 Å². The summed E-state index contributed by atoms with van der Waals surface area (Å²) in [5.41, 5.74) is 2.46. The Balaban J connectivity index is 2.84. The fourth-order valence-electron chi connectivity index (χ4n) is 1.98. The van der Waals surface area contributed by atoms with Crippen LogP contribution in [0.3, 0.4) is 0 Å². The molecule has 1 aromatic rings. The molecule has 0 fully saturated rings. The van der Waals surface area contributed by atoms with Crippen LogP contribution in [-0.4, -0.2) is 6.54 Å². The molecule has 0 amide bonds. The molecule has 0 saturated carbocycles. The van der Waals surface area contributed by atoms with E-state index in [0.717, 1.165) is 23.0 Å². The minimum Gasteiger partial charge on any atom is -0.310 e. The van der Waals surface area contributed by atoms with Crippen LogP contribution in [0.1, 0.15) is 50.8 Å². The van der Waals surface area contributed by atoms with Crippen LogP contribution >= 0.6 is 11.6 Å². The second-order valence-electron chi connectivity index (χ2n) is 4.87. The van der Waals surface area contributed by atoms with Crippen molar-refractivity contribution in [1.82, 2.24) is 5.32 Å². The van der Waals surface area contributed by atoms with E-state index in [1.54, 1.807) is 0 Å². The van der Waals surface area contributed by atoms with Gasteiger partial charge in [-0.2, -0.15) is 0 Å². The molecule has 0 aromatic heterocycles. The van der Waals surface area contributed by atoms with Gasteiger partial charge in [-0.25, -0.2) is 0 Å². The highest BCUT2D eigenvalue weighted by Crippen LogP contribution is 2.26. The lowest BCUT2D eigenvalue weighted by Gasteiger charge is -2.22. The Bertz CT molecular complexity index is 349. The topological polar surface area (TPSA) is 12.0 Å². The molecule has 1 rings (SSSR count). The maximum atomic E-state index is 6.20. The molecule has 17 heavy (non-hydrogen) atoms. The molecule has 96 valence electrons. The molecule has 2 atom stereocenters. The molecule has 0 aliphatic carbocycles. The number of halogens is 1. The second kappa shape index (κ2) is 7.03. The number of rotatable bonds is 6. The van der Waals surface area contributed by atoms with E-state index in [9.17, 15) is 0 Å². The molecule has 2 unspecified atom stereocenters. The molecule has 0 aliphatic heterocycles. The van der Waals surface area contributed by atoms with E-state index in [-0.39, 0.29) is 0 Å². The molecule has 2 heteroatoms. The van der Waals surface area contributed by atoms with Crippen LogP contribution in [-0.2, 0) is 0 Å². The van der Waals surface area contributed by atoms with E-state index in [0.29, 0.717) is 6.04 Å². The van der Waals surface area contributed by atoms with E-state index >= 15 is 0 Å². The van der Waals surface area contributed by atoms with Crippen LogP contribution in [0.15, 0.2) is 18.2 Å². The monoisotopic (exact) mass is 253 g/mol. The predicted octanol–water partition coefficient (Wildman–Crippen LogP) is 4.74. The van der Waals surface area contributed by atoms with E-state index < -0.39 is 0 Å². The number of hydrogen-bond donors (Lipinski definition) is 1. The highest BCUT2D eigenvalue weighted by atomic mass is 35.5. The van der Waals surface area contributed by atoms with Gasteiger partial charge in [0.05, 0.1) is 0 Å². The van der Waals surface area contributed by atoms with Crippen molar-refractivity contribution in [3.8, 4) is 0 Å². The summed E-state index contributed by atoms with van der Waals surface area (Å²) in [5.74, 6) is 0.735. The van der Waals surface area contributed by atoms with Gasteiger partial charge in [-0.1, -0.05) is 50.9 Å². The van der Waals surface area contributed by atoms with Crippen molar-refractivity contribution in [2.45, 2.75) is 46.6 Å². The van der Waals surface area contributed by atoms with Crippen molar-refractivity contribution in [2.24, 2.45) is 5.92 Å². The molecular formula is C15H24ClN. The average Bonchev–Trinajstić information content (AvgIpc) is 2.32. The summed E-state index contributed by atoms with van der Waals surface area (Å²) < 4.78 is 0. The Morgan fingerprint density at radius 3 is 2.53 bits per heavy atom. The second-order valence-corrected chi connectivity index (χ2v) is 5.28. The Kier molecular flexibility index (Phi) is 6.01. The fraction of sp³-hybridized carbons (Fsp3) is 0.600. The van der Waals surface area contributed by atoms with Crippen LogP contribution in [0.2, 0.25) is 5.02 Å². The molecule has 0 radical (unpaired) electrons. The van der Waals surface area contributed by atoms with Gasteiger partial charge in [-0.05, 0) is 43.0 Å². The van der Waals surface area contributed by atoms with Crippen molar-refractivity contribution in [2.75, 3.05) is 6.54 Å². The normalized spacial score (nSPS) is 14.6. The lowest BCUT2D eigenvalue weighted by Crippen LogP contribution is -2.22. The smallest absolute Gasteiger partial charge is 0.0438 e. The first-order chi connectivity index (χ1) is 8.08. The van der Waals surface area contributed by atoms with Crippen molar-refractivity contribution in [3.63, 3.8) is 0 Å². The highest BCUT2D eigenvalue weighted by molar-refractivity contribution is 6.31. The summed E-state index contributed by atoms with van der Waals surface area (Å²) in [6, 6.07) is 6.83. The number of hydrogen-bond acceptors (Lipinski definition) is 1. The first-order valence-electron chi connectivity index (χ1n) is 6.57. The first kappa shape index (κ1) is 14.5. The van der Waals surface area contributed by atoms with E-state index in [1.165, 1.54) is 18.4 Å². The summed E-state index contributed by atoms with van der Waals surface area (Å²) in [6.07, 6.45) is 2.39. The van der Waals surface area contributed by atoms with E-state index in [4.69, 9.17) is 11.6 Å². The maximum Gasteiger partial charge on any atom is 0.0438 e. The summed E-state index contributed by atoms with van der Waals surface area (Å²) in [4.78, 5) is 0. The highest BCUT2D eigenvalue weighted by Gasteiger charge is 2.14. The van der Waals surface area contributed by atoms with Gasteiger partial charge in [0.25, 0.3) is 0 Å². The van der Waals surface area contributed by atoms with E-state index in [2.05, 4.69) is 44.3 Å². The van der Waals surface area contributed by atoms with Gasteiger partial charge < -0.3 is 5.32 Å². The van der Waals surface area contributed by atoms with Crippen LogP contribution in [0.25, 0.3) is 0 Å². The Hall–Kier alpha value is -0.530. The van der Waals surface area contributed by atoms with Gasteiger partial charge in [0.1, 0.15) is 0 Å². The molecule has 0 spiro atoms. The van der Waals surface area contributed by atoms with Crippen molar-refractivity contribution in [1.29, 1.82) is 0 Å². The van der Waals surface area contributed by atoms with Gasteiger partial charge in [0.15, 0.2) is 0 Å². The average molecular weight is 254 g/mol. The zero-order valence-electron chi connectivity index (χ0n) is 11.4. The molecular weight excluding hydrogens is 230 g/mol. The lowest BCUT2D eigenvalue weighted by molar-refractivity contribution is 0.408. The molecule has 0 aliphatic rings. The largest absolute Gasteiger partial charge is 0.310 e. The third-order valence-corrected chi connectivity index (χ3v) is 3.79.